The first-order valence-electron chi connectivity index (χ1n) is 6.53. The van der Waals surface area contributed by atoms with E-state index in [1.165, 1.54) is 24.5 Å². The Labute approximate surface area is 125 Å². The molecule has 3 rings (SSSR count). The van der Waals surface area contributed by atoms with Crippen LogP contribution >= 0.6 is 0 Å². The zero-order valence-electron chi connectivity index (χ0n) is 11.7. The molecule has 3 aromatic rings. The lowest BCUT2D eigenvalue weighted by Crippen LogP contribution is -2.14. The molecule has 22 heavy (non-hydrogen) atoms. The number of hydrogen-bond donors (Lipinski definition) is 1. The molecule has 1 amide bonds. The highest BCUT2D eigenvalue weighted by molar-refractivity contribution is 6.03. The van der Waals surface area contributed by atoms with Crippen LogP contribution in [-0.2, 0) is 0 Å². The van der Waals surface area contributed by atoms with E-state index in [0.29, 0.717) is 11.6 Å². The van der Waals surface area contributed by atoms with Crippen molar-refractivity contribution >= 4 is 11.7 Å². The van der Waals surface area contributed by atoms with Gasteiger partial charge in [0.25, 0.3) is 5.91 Å². The second kappa shape index (κ2) is 5.72. The number of aryl methyl sites for hydroxylation is 1. The van der Waals surface area contributed by atoms with E-state index in [2.05, 4.69) is 20.3 Å². The number of nitrogens with zero attached hydrogens (tertiary/aromatic N) is 4. The van der Waals surface area contributed by atoms with Crippen molar-refractivity contribution in [2.45, 2.75) is 6.92 Å². The standard InChI is InChI=1S/C15H12FN5O/c1-10-17-5-6-21(10)14-8-13(18-9-19-14)20-15(22)11-3-2-4-12(16)7-11/h2-9H,1H3,(H,18,19,20,22). The predicted molar refractivity (Wildman–Crippen MR) is 78.2 cm³/mol. The number of halogens is 1. The molecule has 0 radical (unpaired) electrons. The summed E-state index contributed by atoms with van der Waals surface area (Å²) in [4.78, 5) is 24.3. The van der Waals surface area contributed by atoms with E-state index in [1.54, 1.807) is 23.0 Å². The highest BCUT2D eigenvalue weighted by atomic mass is 19.1. The van der Waals surface area contributed by atoms with Gasteiger partial charge >= 0.3 is 0 Å². The molecule has 1 N–H and O–H groups in total. The molecular weight excluding hydrogens is 285 g/mol. The first-order chi connectivity index (χ1) is 10.6. The van der Waals surface area contributed by atoms with Crippen molar-refractivity contribution in [3.8, 4) is 5.82 Å². The Morgan fingerprint density at radius 1 is 1.23 bits per heavy atom. The molecule has 0 aliphatic heterocycles. The van der Waals surface area contributed by atoms with Crippen LogP contribution in [0.1, 0.15) is 16.2 Å². The minimum Gasteiger partial charge on any atom is -0.306 e. The summed E-state index contributed by atoms with van der Waals surface area (Å²) in [5, 5.41) is 2.62. The number of aromatic nitrogens is 4. The molecule has 0 saturated heterocycles. The molecule has 0 saturated carbocycles. The number of nitrogens with one attached hydrogen (secondary N) is 1. The van der Waals surface area contributed by atoms with Crippen LogP contribution in [0.5, 0.6) is 0 Å². The van der Waals surface area contributed by atoms with Gasteiger partial charge in [-0.25, -0.2) is 19.3 Å². The summed E-state index contributed by atoms with van der Waals surface area (Å²) < 4.78 is 14.9. The Morgan fingerprint density at radius 3 is 2.82 bits per heavy atom. The number of rotatable bonds is 3. The Morgan fingerprint density at radius 2 is 2.09 bits per heavy atom. The molecule has 0 spiro atoms. The zero-order valence-corrected chi connectivity index (χ0v) is 11.7. The summed E-state index contributed by atoms with van der Waals surface area (Å²) in [5.41, 5.74) is 0.221. The van der Waals surface area contributed by atoms with Gasteiger partial charge in [-0.15, -0.1) is 0 Å². The molecule has 2 aromatic heterocycles. The van der Waals surface area contributed by atoms with Crippen LogP contribution in [0.3, 0.4) is 0 Å². The topological polar surface area (TPSA) is 72.7 Å². The van der Waals surface area contributed by atoms with Crippen molar-refractivity contribution in [1.29, 1.82) is 0 Å². The Balaban J connectivity index is 1.84. The fraction of sp³-hybridized carbons (Fsp3) is 0.0667. The lowest BCUT2D eigenvalue weighted by atomic mass is 10.2. The smallest absolute Gasteiger partial charge is 0.256 e. The monoisotopic (exact) mass is 297 g/mol. The Kier molecular flexibility index (Phi) is 3.61. The first-order valence-corrected chi connectivity index (χ1v) is 6.53. The van der Waals surface area contributed by atoms with Gasteiger partial charge in [0.1, 0.15) is 29.6 Å². The molecule has 0 fully saturated rings. The molecule has 1 aromatic carbocycles. The van der Waals surface area contributed by atoms with Crippen LogP contribution in [0.15, 0.2) is 49.1 Å². The van der Waals surface area contributed by atoms with Crippen LogP contribution < -0.4 is 5.32 Å². The van der Waals surface area contributed by atoms with Crippen LogP contribution in [0.25, 0.3) is 5.82 Å². The number of benzene rings is 1. The molecule has 0 aliphatic carbocycles. The molecule has 110 valence electrons. The molecule has 7 heteroatoms. The van der Waals surface area contributed by atoms with E-state index in [1.807, 2.05) is 6.92 Å². The third-order valence-corrected chi connectivity index (χ3v) is 3.05. The highest BCUT2D eigenvalue weighted by Gasteiger charge is 2.09. The van der Waals surface area contributed by atoms with E-state index in [-0.39, 0.29) is 5.56 Å². The van der Waals surface area contributed by atoms with Crippen LogP contribution in [0, 0.1) is 12.7 Å². The molecule has 0 unspecified atom stereocenters. The minimum absolute atomic E-state index is 0.221. The molecule has 2 heterocycles. The summed E-state index contributed by atoms with van der Waals surface area (Å²) in [6, 6.07) is 7.07. The van der Waals surface area contributed by atoms with Gasteiger partial charge in [0.15, 0.2) is 0 Å². The van der Waals surface area contributed by atoms with Crippen molar-refractivity contribution in [2.24, 2.45) is 0 Å². The van der Waals surface area contributed by atoms with Gasteiger partial charge < -0.3 is 5.32 Å². The largest absolute Gasteiger partial charge is 0.306 e. The Hall–Kier alpha value is -3.09. The summed E-state index contributed by atoms with van der Waals surface area (Å²) in [5.74, 6) is 0.768. The van der Waals surface area contributed by atoms with Gasteiger partial charge in [0.05, 0.1) is 0 Å². The maximum absolute atomic E-state index is 13.1. The normalized spacial score (nSPS) is 10.5. The number of carbonyl (C=O) groups excluding carboxylic acids is 1. The molecule has 0 atom stereocenters. The van der Waals surface area contributed by atoms with E-state index in [9.17, 15) is 9.18 Å². The molecule has 0 bridgehead atoms. The van der Waals surface area contributed by atoms with Crippen molar-refractivity contribution in [3.05, 3.63) is 66.3 Å². The van der Waals surface area contributed by atoms with Gasteiger partial charge in [-0.2, -0.15) is 0 Å². The predicted octanol–water partition coefficient (Wildman–Crippen LogP) is 2.36. The van der Waals surface area contributed by atoms with E-state index in [4.69, 9.17) is 0 Å². The number of imidazole rings is 1. The molecular formula is C15H12FN5O. The summed E-state index contributed by atoms with van der Waals surface area (Å²) >= 11 is 0. The molecule has 0 aliphatic rings. The fourth-order valence-corrected chi connectivity index (χ4v) is 1.99. The SMILES string of the molecule is Cc1nccn1-c1cc(NC(=O)c2cccc(F)c2)ncn1. The average Bonchev–Trinajstić information content (AvgIpc) is 2.94. The third kappa shape index (κ3) is 2.83. The lowest BCUT2D eigenvalue weighted by Gasteiger charge is -2.07. The first kappa shape index (κ1) is 13.9. The van der Waals surface area contributed by atoms with Gasteiger partial charge in [0, 0.05) is 24.0 Å². The van der Waals surface area contributed by atoms with Crippen molar-refractivity contribution in [3.63, 3.8) is 0 Å². The maximum atomic E-state index is 13.1. The summed E-state index contributed by atoms with van der Waals surface area (Å²) in [6.07, 6.45) is 4.76. The van der Waals surface area contributed by atoms with Crippen molar-refractivity contribution < 1.29 is 9.18 Å². The minimum atomic E-state index is -0.468. The van der Waals surface area contributed by atoms with Crippen LogP contribution in [0.4, 0.5) is 10.2 Å². The van der Waals surface area contributed by atoms with Gasteiger partial charge in [-0.3, -0.25) is 9.36 Å². The van der Waals surface area contributed by atoms with E-state index < -0.39 is 11.7 Å². The van der Waals surface area contributed by atoms with Crippen LogP contribution in [0.2, 0.25) is 0 Å². The maximum Gasteiger partial charge on any atom is 0.256 e. The second-order valence-corrected chi connectivity index (χ2v) is 4.57. The average molecular weight is 297 g/mol. The molecule has 6 nitrogen and oxygen atoms in total. The third-order valence-electron chi connectivity index (χ3n) is 3.05. The number of carbonyl (C=O) groups is 1. The Bertz CT molecular complexity index is 830. The summed E-state index contributed by atoms with van der Waals surface area (Å²) in [7, 11) is 0. The van der Waals surface area contributed by atoms with Gasteiger partial charge in [0.2, 0.25) is 0 Å². The second-order valence-electron chi connectivity index (χ2n) is 4.57. The van der Waals surface area contributed by atoms with Gasteiger partial charge in [-0.05, 0) is 25.1 Å². The quantitative estimate of drug-likeness (QED) is 0.805. The van der Waals surface area contributed by atoms with E-state index in [0.717, 1.165) is 11.9 Å². The van der Waals surface area contributed by atoms with Crippen LogP contribution in [-0.4, -0.2) is 25.4 Å². The van der Waals surface area contributed by atoms with Crippen molar-refractivity contribution in [1.82, 2.24) is 19.5 Å². The van der Waals surface area contributed by atoms with Crippen molar-refractivity contribution in [2.75, 3.05) is 5.32 Å². The number of hydrogen-bond acceptors (Lipinski definition) is 4. The highest BCUT2D eigenvalue weighted by Crippen LogP contribution is 2.12. The zero-order chi connectivity index (χ0) is 15.5. The summed E-state index contributed by atoms with van der Waals surface area (Å²) in [6.45, 7) is 1.84. The number of anilines is 1. The lowest BCUT2D eigenvalue weighted by molar-refractivity contribution is 0.102. The fourth-order valence-electron chi connectivity index (χ4n) is 1.99. The number of amides is 1. The van der Waals surface area contributed by atoms with E-state index >= 15 is 0 Å². The van der Waals surface area contributed by atoms with Gasteiger partial charge in [-0.1, -0.05) is 6.07 Å².